The largest absolute Gasteiger partial charge is 0.350 e. The Labute approximate surface area is 151 Å². The fraction of sp³-hybridized carbons (Fsp3) is 0.333. The van der Waals surface area contributed by atoms with Crippen LogP contribution in [0.5, 0.6) is 0 Å². The molecule has 1 aliphatic rings. The molecule has 0 unspecified atom stereocenters. The van der Waals surface area contributed by atoms with Crippen molar-refractivity contribution in [3.8, 4) is 0 Å². The van der Waals surface area contributed by atoms with E-state index in [4.69, 9.17) is 0 Å². The molecule has 0 radical (unpaired) electrons. The minimum absolute atomic E-state index is 0.136. The van der Waals surface area contributed by atoms with Gasteiger partial charge in [-0.15, -0.1) is 5.10 Å². The maximum Gasteiger partial charge on any atom is 0.350 e. The van der Waals surface area contributed by atoms with Crippen molar-refractivity contribution in [2.75, 3.05) is 13.1 Å². The third kappa shape index (κ3) is 3.06. The van der Waals surface area contributed by atoms with Gasteiger partial charge in [0.05, 0.1) is 11.4 Å². The molecule has 7 nitrogen and oxygen atoms in total. The molecule has 26 heavy (non-hydrogen) atoms. The second kappa shape index (κ2) is 6.69. The first-order chi connectivity index (χ1) is 12.6. The van der Waals surface area contributed by atoms with E-state index in [2.05, 4.69) is 5.10 Å². The number of pyridine rings is 1. The minimum atomic E-state index is -3.56. The van der Waals surface area contributed by atoms with Gasteiger partial charge in [0, 0.05) is 19.3 Å². The molecule has 3 aromatic rings. The number of aromatic nitrogens is 3. The Morgan fingerprint density at radius 3 is 2.46 bits per heavy atom. The van der Waals surface area contributed by atoms with E-state index in [1.54, 1.807) is 6.07 Å². The van der Waals surface area contributed by atoms with Gasteiger partial charge in [0.25, 0.3) is 0 Å². The van der Waals surface area contributed by atoms with E-state index in [9.17, 15) is 13.2 Å². The molecule has 0 aliphatic carbocycles. The molecule has 1 aromatic carbocycles. The molecule has 0 saturated carbocycles. The van der Waals surface area contributed by atoms with Crippen molar-refractivity contribution in [2.24, 2.45) is 0 Å². The fourth-order valence-electron chi connectivity index (χ4n) is 3.25. The number of sulfonamides is 1. The van der Waals surface area contributed by atoms with Crippen LogP contribution in [0.15, 0.2) is 58.4 Å². The lowest BCUT2D eigenvalue weighted by atomic mass is 10.2. The van der Waals surface area contributed by atoms with Gasteiger partial charge in [-0.2, -0.15) is 4.31 Å². The normalized spacial score (nSPS) is 15.7. The van der Waals surface area contributed by atoms with E-state index in [-0.39, 0.29) is 10.6 Å². The molecule has 1 aliphatic heterocycles. The number of nitrogens with zero attached hydrogens (tertiary/aromatic N) is 4. The summed E-state index contributed by atoms with van der Waals surface area (Å²) in [6.07, 6.45) is 3.82. The number of benzene rings is 1. The smallest absolute Gasteiger partial charge is 0.249 e. The zero-order valence-corrected chi connectivity index (χ0v) is 15.1. The van der Waals surface area contributed by atoms with E-state index in [0.29, 0.717) is 31.7 Å². The Morgan fingerprint density at radius 1 is 1.00 bits per heavy atom. The highest BCUT2D eigenvalue weighted by Gasteiger charge is 2.27. The molecule has 8 heteroatoms. The summed E-state index contributed by atoms with van der Waals surface area (Å²) >= 11 is 0. The molecule has 0 amide bonds. The Bertz CT molecular complexity index is 1080. The molecule has 0 spiro atoms. The van der Waals surface area contributed by atoms with Crippen molar-refractivity contribution in [3.63, 3.8) is 0 Å². The average molecular weight is 372 g/mol. The van der Waals surface area contributed by atoms with Crippen molar-refractivity contribution in [1.29, 1.82) is 0 Å². The van der Waals surface area contributed by atoms with E-state index in [0.717, 1.165) is 18.4 Å². The van der Waals surface area contributed by atoms with Crippen LogP contribution < -0.4 is 5.69 Å². The van der Waals surface area contributed by atoms with Crippen molar-refractivity contribution in [3.05, 3.63) is 64.7 Å². The van der Waals surface area contributed by atoms with Crippen LogP contribution in [0.1, 0.15) is 18.4 Å². The van der Waals surface area contributed by atoms with E-state index in [1.165, 1.54) is 25.7 Å². The van der Waals surface area contributed by atoms with Gasteiger partial charge in [0.2, 0.25) is 10.0 Å². The Kier molecular flexibility index (Phi) is 4.37. The summed E-state index contributed by atoms with van der Waals surface area (Å²) in [6, 6.07) is 13.0. The summed E-state index contributed by atoms with van der Waals surface area (Å²) in [4.78, 5) is 12.7. The van der Waals surface area contributed by atoms with Crippen molar-refractivity contribution >= 4 is 15.7 Å². The van der Waals surface area contributed by atoms with Crippen LogP contribution in [0.25, 0.3) is 5.65 Å². The monoisotopic (exact) mass is 372 g/mol. The summed E-state index contributed by atoms with van der Waals surface area (Å²) in [5, 5.41) is 4.31. The van der Waals surface area contributed by atoms with Crippen LogP contribution in [-0.2, 0) is 23.0 Å². The first-order valence-electron chi connectivity index (χ1n) is 8.69. The third-order valence-electron chi connectivity index (χ3n) is 4.71. The van der Waals surface area contributed by atoms with Crippen molar-refractivity contribution < 1.29 is 8.42 Å². The molecule has 0 bridgehead atoms. The third-order valence-corrected chi connectivity index (χ3v) is 6.59. The summed E-state index contributed by atoms with van der Waals surface area (Å²) in [7, 11) is -3.56. The van der Waals surface area contributed by atoms with Gasteiger partial charge in [-0.1, -0.05) is 30.3 Å². The molecule has 1 fully saturated rings. The van der Waals surface area contributed by atoms with Gasteiger partial charge in [-0.3, -0.25) is 0 Å². The molecule has 4 rings (SSSR count). The van der Waals surface area contributed by atoms with Crippen LogP contribution in [0, 0.1) is 0 Å². The summed E-state index contributed by atoms with van der Waals surface area (Å²) in [6.45, 7) is 1.51. The number of fused-ring (bicyclic) bond motifs is 1. The number of rotatable bonds is 5. The van der Waals surface area contributed by atoms with Crippen LogP contribution in [0.3, 0.4) is 0 Å². The molecular formula is C18H20N4O3S. The van der Waals surface area contributed by atoms with Gasteiger partial charge < -0.3 is 0 Å². The quantitative estimate of drug-likeness (QED) is 0.680. The topological polar surface area (TPSA) is 76.7 Å². The zero-order chi connectivity index (χ0) is 18.1. The molecule has 3 heterocycles. The molecule has 136 valence electrons. The summed E-state index contributed by atoms with van der Waals surface area (Å²) < 4.78 is 29.5. The van der Waals surface area contributed by atoms with Gasteiger partial charge in [0.1, 0.15) is 0 Å². The van der Waals surface area contributed by atoms with Gasteiger partial charge in [-0.05, 0) is 37.0 Å². The second-order valence-corrected chi connectivity index (χ2v) is 8.38. The Morgan fingerprint density at radius 2 is 1.73 bits per heavy atom. The van der Waals surface area contributed by atoms with Gasteiger partial charge in [0.15, 0.2) is 5.65 Å². The van der Waals surface area contributed by atoms with Crippen molar-refractivity contribution in [1.82, 2.24) is 18.5 Å². The minimum Gasteiger partial charge on any atom is -0.249 e. The predicted octanol–water partition coefficient (Wildman–Crippen LogP) is 1.52. The maximum atomic E-state index is 12.7. The second-order valence-electron chi connectivity index (χ2n) is 6.45. The Hall–Kier alpha value is -2.45. The van der Waals surface area contributed by atoms with Crippen LogP contribution in [0.4, 0.5) is 0 Å². The van der Waals surface area contributed by atoms with Gasteiger partial charge >= 0.3 is 5.69 Å². The van der Waals surface area contributed by atoms with Crippen LogP contribution in [-0.4, -0.2) is 40.0 Å². The van der Waals surface area contributed by atoms with Gasteiger partial charge in [-0.25, -0.2) is 22.3 Å². The molecule has 0 atom stereocenters. The maximum absolute atomic E-state index is 12.7. The van der Waals surface area contributed by atoms with E-state index >= 15 is 0 Å². The molecule has 2 aromatic heterocycles. The summed E-state index contributed by atoms with van der Waals surface area (Å²) in [5.74, 6) is 0. The highest BCUT2D eigenvalue weighted by Crippen LogP contribution is 2.20. The van der Waals surface area contributed by atoms with E-state index in [1.807, 2.05) is 30.3 Å². The summed E-state index contributed by atoms with van der Waals surface area (Å²) in [5.41, 5.74) is 1.24. The van der Waals surface area contributed by atoms with Crippen LogP contribution in [0.2, 0.25) is 0 Å². The number of aryl methyl sites for hydroxylation is 2. The fourth-order valence-corrected chi connectivity index (χ4v) is 4.77. The molecular weight excluding hydrogens is 352 g/mol. The SMILES string of the molecule is O=c1n(CCc2ccccc2)nc2ccc(S(=O)(=O)N3CCCC3)cn12. The van der Waals surface area contributed by atoms with Crippen molar-refractivity contribution in [2.45, 2.75) is 30.7 Å². The lowest BCUT2D eigenvalue weighted by molar-refractivity contribution is 0.477. The Balaban J connectivity index is 1.64. The molecule has 0 N–H and O–H groups in total. The zero-order valence-electron chi connectivity index (χ0n) is 14.3. The highest BCUT2D eigenvalue weighted by molar-refractivity contribution is 7.89. The first-order valence-corrected chi connectivity index (χ1v) is 10.1. The first kappa shape index (κ1) is 17.0. The number of hydrogen-bond donors (Lipinski definition) is 0. The predicted molar refractivity (Wildman–Crippen MR) is 97.6 cm³/mol. The van der Waals surface area contributed by atoms with Crippen LogP contribution >= 0.6 is 0 Å². The highest BCUT2D eigenvalue weighted by atomic mass is 32.2. The standard InChI is InChI=1S/C18H20N4O3S/c23-18-21-14-16(26(24,25)20-11-4-5-12-20)8-9-17(21)19-22(18)13-10-15-6-2-1-3-7-15/h1-3,6-9,14H,4-5,10-13H2. The average Bonchev–Trinajstić information content (AvgIpc) is 3.30. The lowest BCUT2D eigenvalue weighted by Gasteiger charge is -2.15. The lowest BCUT2D eigenvalue weighted by Crippen LogP contribution is -2.28. The molecule has 1 saturated heterocycles. The number of hydrogen-bond acceptors (Lipinski definition) is 4. The van der Waals surface area contributed by atoms with E-state index < -0.39 is 10.0 Å².